The van der Waals surface area contributed by atoms with E-state index in [9.17, 15) is 0 Å². The molecule has 4 heteroatoms. The topological polar surface area (TPSA) is 18.5 Å². The summed E-state index contributed by atoms with van der Waals surface area (Å²) in [5.74, 6) is 0. The molecule has 1 unspecified atom stereocenters. The van der Waals surface area contributed by atoms with Gasteiger partial charge in [-0.25, -0.2) is 0 Å². The van der Waals surface area contributed by atoms with Crippen molar-refractivity contribution in [3.8, 4) is 0 Å². The van der Waals surface area contributed by atoms with Gasteiger partial charge in [0.1, 0.15) is 0 Å². The van der Waals surface area contributed by atoms with Crippen LogP contribution in [-0.2, 0) is 8.85 Å². The largest absolute Gasteiger partial charge is 0.417 e. The third-order valence-corrected chi connectivity index (χ3v) is 8.71. The summed E-state index contributed by atoms with van der Waals surface area (Å²) >= 11 is 0. The van der Waals surface area contributed by atoms with E-state index in [1.165, 1.54) is 37.8 Å². The van der Waals surface area contributed by atoms with E-state index in [0.29, 0.717) is 6.10 Å². The van der Waals surface area contributed by atoms with Crippen LogP contribution in [0.15, 0.2) is 12.7 Å². The van der Waals surface area contributed by atoms with Crippen LogP contribution < -0.4 is 0 Å². The molecule has 2 fully saturated rings. The van der Waals surface area contributed by atoms with Gasteiger partial charge in [0, 0.05) is 6.61 Å². The van der Waals surface area contributed by atoms with Gasteiger partial charge in [-0.1, -0.05) is 18.9 Å². The molecule has 2 aliphatic heterocycles. The Balaban J connectivity index is 0.000000184. The normalized spacial score (nSPS) is 29.9. The molecule has 0 spiro atoms. The van der Waals surface area contributed by atoms with E-state index in [1.807, 2.05) is 6.08 Å². The average Bonchev–Trinajstić information content (AvgIpc) is 2.28. The fourth-order valence-corrected chi connectivity index (χ4v) is 6.65. The molecule has 0 amide bonds. The van der Waals surface area contributed by atoms with Crippen LogP contribution in [-0.4, -0.2) is 29.3 Å². The van der Waals surface area contributed by atoms with Gasteiger partial charge in [0.05, 0.1) is 6.10 Å². The molecule has 0 aromatic rings. The lowest BCUT2D eigenvalue weighted by Gasteiger charge is -2.32. The van der Waals surface area contributed by atoms with Gasteiger partial charge in [0.15, 0.2) is 16.6 Å². The molecule has 0 aromatic carbocycles. The molecule has 0 aliphatic carbocycles. The zero-order chi connectivity index (χ0) is 13.6. The lowest BCUT2D eigenvalue weighted by molar-refractivity contribution is 0.206. The summed E-state index contributed by atoms with van der Waals surface area (Å²) in [6.07, 6.45) is 7.50. The van der Waals surface area contributed by atoms with E-state index in [-0.39, 0.29) is 0 Å². The molecule has 2 nitrogen and oxygen atoms in total. The minimum absolute atomic E-state index is 0.357. The minimum atomic E-state index is -1.25. The number of hydrogen-bond acceptors (Lipinski definition) is 2. The van der Waals surface area contributed by atoms with Crippen LogP contribution in [0.5, 0.6) is 0 Å². The van der Waals surface area contributed by atoms with Crippen LogP contribution in [0, 0.1) is 0 Å². The van der Waals surface area contributed by atoms with Gasteiger partial charge in [-0.3, -0.25) is 0 Å². The molecule has 1 atom stereocenters. The summed E-state index contributed by atoms with van der Waals surface area (Å²) in [6, 6.07) is 2.68. The van der Waals surface area contributed by atoms with Crippen molar-refractivity contribution < 1.29 is 8.85 Å². The Morgan fingerprint density at radius 3 is 2.00 bits per heavy atom. The van der Waals surface area contributed by atoms with Crippen molar-refractivity contribution in [3.63, 3.8) is 0 Å². The highest BCUT2D eigenvalue weighted by Gasteiger charge is 2.29. The maximum Gasteiger partial charge on any atom is 0.187 e. The molecule has 0 N–H and O–H groups in total. The van der Waals surface area contributed by atoms with Crippen molar-refractivity contribution >= 4 is 16.6 Å². The van der Waals surface area contributed by atoms with Crippen molar-refractivity contribution in [2.75, 3.05) is 6.61 Å². The summed E-state index contributed by atoms with van der Waals surface area (Å²) in [4.78, 5) is 0. The molecule has 106 valence electrons. The van der Waals surface area contributed by atoms with Gasteiger partial charge >= 0.3 is 0 Å². The summed E-state index contributed by atoms with van der Waals surface area (Å²) in [7, 11) is -2.34. The fourth-order valence-electron chi connectivity index (χ4n) is 2.50. The van der Waals surface area contributed by atoms with E-state index >= 15 is 0 Å². The average molecular weight is 287 g/mol. The quantitative estimate of drug-likeness (QED) is 0.520. The van der Waals surface area contributed by atoms with Crippen LogP contribution in [0.3, 0.4) is 0 Å². The van der Waals surface area contributed by atoms with Crippen molar-refractivity contribution in [2.45, 2.75) is 70.1 Å². The van der Waals surface area contributed by atoms with E-state index in [4.69, 9.17) is 8.85 Å². The van der Waals surface area contributed by atoms with Crippen LogP contribution in [0.2, 0.25) is 38.3 Å². The lowest BCUT2D eigenvalue weighted by atomic mass is 10.2. The Morgan fingerprint density at radius 2 is 1.67 bits per heavy atom. The third kappa shape index (κ3) is 6.32. The zero-order valence-electron chi connectivity index (χ0n) is 12.6. The summed E-state index contributed by atoms with van der Waals surface area (Å²) in [6.45, 7) is 13.9. The van der Waals surface area contributed by atoms with Gasteiger partial charge in [0.25, 0.3) is 0 Å². The minimum Gasteiger partial charge on any atom is -0.417 e. The highest BCUT2D eigenvalue weighted by Crippen LogP contribution is 2.25. The molecule has 2 rings (SSSR count). The van der Waals surface area contributed by atoms with Crippen molar-refractivity contribution in [1.82, 2.24) is 0 Å². The van der Waals surface area contributed by atoms with E-state index in [0.717, 1.165) is 6.61 Å². The zero-order valence-corrected chi connectivity index (χ0v) is 14.6. The van der Waals surface area contributed by atoms with E-state index in [1.54, 1.807) is 0 Å². The molecule has 0 aromatic heterocycles. The van der Waals surface area contributed by atoms with Crippen LogP contribution in [0.4, 0.5) is 0 Å². The monoisotopic (exact) mass is 286 g/mol. The SMILES string of the molecule is C=CC1CCC[Si](C)(C)O1.C[Si]1(C)CCCCO1. The van der Waals surface area contributed by atoms with Gasteiger partial charge in [-0.05, 0) is 51.1 Å². The molecule has 18 heavy (non-hydrogen) atoms. The summed E-state index contributed by atoms with van der Waals surface area (Å²) in [5.41, 5.74) is 0. The smallest absolute Gasteiger partial charge is 0.187 e. The lowest BCUT2D eigenvalue weighted by Crippen LogP contribution is -2.38. The van der Waals surface area contributed by atoms with Crippen molar-refractivity contribution in [3.05, 3.63) is 12.7 Å². The van der Waals surface area contributed by atoms with E-state index in [2.05, 4.69) is 32.8 Å². The first-order valence-corrected chi connectivity index (χ1v) is 13.5. The molecular weight excluding hydrogens is 256 g/mol. The molecule has 0 saturated carbocycles. The first-order valence-electron chi connectivity index (χ1n) is 7.29. The number of rotatable bonds is 1. The predicted octanol–water partition coefficient (Wildman–Crippen LogP) is 4.56. The first kappa shape index (κ1) is 16.1. The second-order valence-electron chi connectivity index (χ2n) is 6.61. The second kappa shape index (κ2) is 7.03. The maximum absolute atomic E-state index is 5.84. The van der Waals surface area contributed by atoms with Crippen LogP contribution >= 0.6 is 0 Å². The highest BCUT2D eigenvalue weighted by molar-refractivity contribution is 6.71. The molecule has 0 bridgehead atoms. The van der Waals surface area contributed by atoms with Gasteiger partial charge < -0.3 is 8.85 Å². The van der Waals surface area contributed by atoms with Gasteiger partial charge in [-0.2, -0.15) is 0 Å². The third-order valence-electron chi connectivity index (χ3n) is 3.67. The maximum atomic E-state index is 5.84. The number of hydrogen-bond donors (Lipinski definition) is 0. The Kier molecular flexibility index (Phi) is 6.31. The first-order chi connectivity index (χ1) is 8.35. The van der Waals surface area contributed by atoms with Crippen molar-refractivity contribution in [2.24, 2.45) is 0 Å². The Hall–Kier alpha value is 0.0938. The van der Waals surface area contributed by atoms with Crippen LogP contribution in [0.1, 0.15) is 25.7 Å². The molecule has 2 saturated heterocycles. The van der Waals surface area contributed by atoms with Gasteiger partial charge in [0.2, 0.25) is 0 Å². The Morgan fingerprint density at radius 1 is 1.00 bits per heavy atom. The predicted molar refractivity (Wildman–Crippen MR) is 84.1 cm³/mol. The Labute approximate surface area is 115 Å². The summed E-state index contributed by atoms with van der Waals surface area (Å²) in [5, 5.41) is 0. The second-order valence-corrected chi connectivity index (χ2v) is 15.2. The van der Waals surface area contributed by atoms with Crippen molar-refractivity contribution in [1.29, 1.82) is 0 Å². The standard InChI is InChI=1S/C8H16OSi.C6H14OSi/c1-4-8-6-5-7-10(2,3)9-8;1-8(2)6-4-3-5-7-8/h4,8H,1,5-7H2,2-3H3;3-6H2,1-2H3. The fraction of sp³-hybridized carbons (Fsp3) is 0.857. The molecule has 2 heterocycles. The van der Waals surface area contributed by atoms with E-state index < -0.39 is 16.6 Å². The molecule has 0 radical (unpaired) electrons. The van der Waals surface area contributed by atoms with Crippen LogP contribution in [0.25, 0.3) is 0 Å². The van der Waals surface area contributed by atoms with Gasteiger partial charge in [-0.15, -0.1) is 6.58 Å². The molecular formula is C14H30O2Si2. The highest BCUT2D eigenvalue weighted by atomic mass is 28.4. The Bertz CT molecular complexity index is 257. The summed E-state index contributed by atoms with van der Waals surface area (Å²) < 4.78 is 11.4. The molecule has 2 aliphatic rings.